The number of nitrogens with zero attached hydrogens (tertiary/aromatic N) is 2. The van der Waals surface area contributed by atoms with E-state index in [0.29, 0.717) is 11.4 Å². The fourth-order valence-electron chi connectivity index (χ4n) is 2.16. The molecule has 3 rings (SSSR count). The van der Waals surface area contributed by atoms with Crippen LogP contribution in [0.5, 0.6) is 0 Å². The molecule has 0 spiro atoms. The number of thiophene rings is 1. The molecule has 25 heavy (non-hydrogen) atoms. The minimum absolute atomic E-state index is 0.231. The molecule has 130 valence electrons. The van der Waals surface area contributed by atoms with Crippen LogP contribution in [0.3, 0.4) is 0 Å². The minimum atomic E-state index is -3.63. The fourth-order valence-corrected chi connectivity index (χ4v) is 4.20. The highest BCUT2D eigenvalue weighted by Crippen LogP contribution is 2.22. The molecule has 7 nitrogen and oxygen atoms in total. The van der Waals surface area contributed by atoms with Crippen LogP contribution >= 0.6 is 11.3 Å². The summed E-state index contributed by atoms with van der Waals surface area (Å²) in [5.41, 5.74) is 0.869. The number of sulfonamides is 1. The van der Waals surface area contributed by atoms with Gasteiger partial charge in [-0.2, -0.15) is 5.10 Å². The zero-order chi connectivity index (χ0) is 17.9. The summed E-state index contributed by atoms with van der Waals surface area (Å²) in [6, 6.07) is 11.0. The van der Waals surface area contributed by atoms with Crippen molar-refractivity contribution in [3.05, 3.63) is 60.2 Å². The summed E-state index contributed by atoms with van der Waals surface area (Å²) in [6.07, 6.45) is 3.31. The van der Waals surface area contributed by atoms with Crippen molar-refractivity contribution in [2.75, 3.05) is 10.0 Å². The summed E-state index contributed by atoms with van der Waals surface area (Å²) in [7, 11) is -3.63. The van der Waals surface area contributed by atoms with Crippen LogP contribution in [-0.4, -0.2) is 24.1 Å². The molecule has 0 saturated heterocycles. The molecule has 0 aliphatic rings. The number of amides is 1. The van der Waals surface area contributed by atoms with Gasteiger partial charge in [-0.15, -0.1) is 11.3 Å². The van der Waals surface area contributed by atoms with E-state index in [1.54, 1.807) is 65.8 Å². The number of rotatable bonds is 6. The van der Waals surface area contributed by atoms with Crippen LogP contribution < -0.4 is 10.0 Å². The summed E-state index contributed by atoms with van der Waals surface area (Å²) in [6.45, 7) is 1.73. The van der Waals surface area contributed by atoms with Crippen molar-refractivity contribution >= 4 is 38.6 Å². The monoisotopic (exact) mass is 376 g/mol. The lowest BCUT2D eigenvalue weighted by molar-refractivity contribution is -0.119. The van der Waals surface area contributed by atoms with E-state index < -0.39 is 16.1 Å². The standard InChI is InChI=1S/C16H16N4O3S2/c1-12(20-9-4-8-17-20)16(21)18-13-5-2-6-14(11-13)19-25(22,23)15-7-3-10-24-15/h2-12,19H,1H3,(H,18,21). The van der Waals surface area contributed by atoms with E-state index >= 15 is 0 Å². The summed E-state index contributed by atoms with van der Waals surface area (Å²) in [5, 5.41) is 8.49. The van der Waals surface area contributed by atoms with Gasteiger partial charge in [-0.05, 0) is 42.6 Å². The van der Waals surface area contributed by atoms with Crippen molar-refractivity contribution < 1.29 is 13.2 Å². The molecule has 0 fully saturated rings. The summed E-state index contributed by atoms with van der Waals surface area (Å²) in [4.78, 5) is 12.3. The molecule has 3 aromatic rings. The molecule has 1 atom stereocenters. The highest BCUT2D eigenvalue weighted by atomic mass is 32.2. The Balaban J connectivity index is 1.72. The molecule has 2 heterocycles. The van der Waals surface area contributed by atoms with Gasteiger partial charge in [-0.25, -0.2) is 8.42 Å². The maximum Gasteiger partial charge on any atom is 0.271 e. The molecule has 0 saturated carbocycles. The molecule has 1 amide bonds. The van der Waals surface area contributed by atoms with E-state index in [1.165, 1.54) is 6.07 Å². The zero-order valence-electron chi connectivity index (χ0n) is 13.3. The van der Waals surface area contributed by atoms with Crippen LogP contribution in [0.4, 0.5) is 11.4 Å². The van der Waals surface area contributed by atoms with Crippen molar-refractivity contribution in [2.24, 2.45) is 0 Å². The summed E-state index contributed by atoms with van der Waals surface area (Å²) < 4.78 is 28.8. The van der Waals surface area contributed by atoms with Gasteiger partial charge in [-0.1, -0.05) is 12.1 Å². The topological polar surface area (TPSA) is 93.1 Å². The van der Waals surface area contributed by atoms with Crippen molar-refractivity contribution in [1.82, 2.24) is 9.78 Å². The molecule has 1 unspecified atom stereocenters. The normalized spacial score (nSPS) is 12.5. The average molecular weight is 376 g/mol. The molecule has 9 heteroatoms. The van der Waals surface area contributed by atoms with Gasteiger partial charge in [-0.3, -0.25) is 14.2 Å². The Bertz CT molecular complexity index is 951. The van der Waals surface area contributed by atoms with Gasteiger partial charge in [0.05, 0.1) is 5.69 Å². The zero-order valence-corrected chi connectivity index (χ0v) is 14.9. The second-order valence-corrected chi connectivity index (χ2v) is 8.13. The summed E-state index contributed by atoms with van der Waals surface area (Å²) >= 11 is 1.14. The van der Waals surface area contributed by atoms with Gasteiger partial charge in [0.1, 0.15) is 10.3 Å². The third-order valence-electron chi connectivity index (χ3n) is 3.44. The maximum atomic E-state index is 12.3. The molecule has 0 radical (unpaired) electrons. The van der Waals surface area contributed by atoms with E-state index in [0.717, 1.165) is 11.3 Å². The lowest BCUT2D eigenvalue weighted by atomic mass is 10.2. The minimum Gasteiger partial charge on any atom is -0.324 e. The van der Waals surface area contributed by atoms with Gasteiger partial charge in [0.15, 0.2) is 0 Å². The molecular weight excluding hydrogens is 360 g/mol. The number of hydrogen-bond acceptors (Lipinski definition) is 5. The van der Waals surface area contributed by atoms with Gasteiger partial charge in [0.25, 0.3) is 10.0 Å². The second kappa shape index (κ2) is 7.08. The Hall–Kier alpha value is -2.65. The van der Waals surface area contributed by atoms with Crippen molar-refractivity contribution in [3.8, 4) is 0 Å². The molecule has 0 aliphatic carbocycles. The van der Waals surface area contributed by atoms with Crippen molar-refractivity contribution in [2.45, 2.75) is 17.2 Å². The van der Waals surface area contributed by atoms with Crippen LogP contribution in [0.2, 0.25) is 0 Å². The number of carbonyl (C=O) groups excluding carboxylic acids is 1. The number of benzene rings is 1. The first-order valence-electron chi connectivity index (χ1n) is 7.42. The van der Waals surface area contributed by atoms with E-state index in [9.17, 15) is 13.2 Å². The SMILES string of the molecule is CC(C(=O)Nc1cccc(NS(=O)(=O)c2cccs2)c1)n1cccn1. The number of nitrogens with one attached hydrogen (secondary N) is 2. The largest absolute Gasteiger partial charge is 0.324 e. The third-order valence-corrected chi connectivity index (χ3v) is 6.22. The van der Waals surface area contributed by atoms with E-state index in [-0.39, 0.29) is 10.1 Å². The fraction of sp³-hybridized carbons (Fsp3) is 0.125. The van der Waals surface area contributed by atoms with Crippen molar-refractivity contribution in [3.63, 3.8) is 0 Å². The van der Waals surface area contributed by atoms with E-state index in [1.807, 2.05) is 0 Å². The second-order valence-electron chi connectivity index (χ2n) is 5.27. The quantitative estimate of drug-likeness (QED) is 0.692. The number of carbonyl (C=O) groups is 1. The molecule has 2 N–H and O–H groups in total. The first kappa shape index (κ1) is 17.2. The Morgan fingerprint density at radius 2 is 2.00 bits per heavy atom. The predicted octanol–water partition coefficient (Wildman–Crippen LogP) is 2.95. The predicted molar refractivity (Wildman–Crippen MR) is 97.1 cm³/mol. The lowest BCUT2D eigenvalue weighted by Gasteiger charge is -2.13. The smallest absolute Gasteiger partial charge is 0.271 e. The van der Waals surface area contributed by atoms with E-state index in [2.05, 4.69) is 15.1 Å². The van der Waals surface area contributed by atoms with Gasteiger partial charge in [0, 0.05) is 18.1 Å². The maximum absolute atomic E-state index is 12.3. The first-order valence-corrected chi connectivity index (χ1v) is 9.78. The molecule has 1 aromatic carbocycles. The van der Waals surface area contributed by atoms with Crippen LogP contribution in [0.25, 0.3) is 0 Å². The third kappa shape index (κ3) is 4.06. The Labute approximate surface area is 149 Å². The molecule has 0 bridgehead atoms. The highest BCUT2D eigenvalue weighted by molar-refractivity contribution is 7.94. The van der Waals surface area contributed by atoms with Crippen LogP contribution in [-0.2, 0) is 14.8 Å². The molecule has 0 aliphatic heterocycles. The van der Waals surface area contributed by atoms with Crippen LogP contribution in [0.15, 0.2) is 64.4 Å². The van der Waals surface area contributed by atoms with Crippen molar-refractivity contribution in [1.29, 1.82) is 0 Å². The Kier molecular flexibility index (Phi) is 4.86. The van der Waals surface area contributed by atoms with Gasteiger partial charge < -0.3 is 5.32 Å². The van der Waals surface area contributed by atoms with Crippen LogP contribution in [0, 0.1) is 0 Å². The number of anilines is 2. The van der Waals surface area contributed by atoms with Crippen LogP contribution in [0.1, 0.15) is 13.0 Å². The average Bonchev–Trinajstić information content (AvgIpc) is 3.27. The molecular formula is C16H16N4O3S2. The number of hydrogen-bond donors (Lipinski definition) is 2. The Morgan fingerprint density at radius 1 is 1.20 bits per heavy atom. The van der Waals surface area contributed by atoms with Gasteiger partial charge >= 0.3 is 0 Å². The Morgan fingerprint density at radius 3 is 2.68 bits per heavy atom. The highest BCUT2D eigenvalue weighted by Gasteiger charge is 2.17. The summed E-state index contributed by atoms with van der Waals surface area (Å²) in [5.74, 6) is -0.248. The van der Waals surface area contributed by atoms with E-state index in [4.69, 9.17) is 0 Å². The lowest BCUT2D eigenvalue weighted by Crippen LogP contribution is -2.24. The van der Waals surface area contributed by atoms with Gasteiger partial charge in [0.2, 0.25) is 5.91 Å². The first-order chi connectivity index (χ1) is 12.0. The number of aromatic nitrogens is 2. The molecule has 2 aromatic heterocycles.